The summed E-state index contributed by atoms with van der Waals surface area (Å²) in [4.78, 5) is 32.6. The molecule has 0 unspecified atom stereocenters. The summed E-state index contributed by atoms with van der Waals surface area (Å²) >= 11 is 0. The third-order valence-electron chi connectivity index (χ3n) is 8.96. The fraction of sp³-hybridized carbons (Fsp3) is 0.562. The first kappa shape index (κ1) is 26.2. The molecular weight excluding hydrogens is 490 g/mol. The van der Waals surface area contributed by atoms with Crippen LogP contribution in [0.2, 0.25) is 0 Å². The molecule has 7 nitrogen and oxygen atoms in total. The van der Waals surface area contributed by atoms with Gasteiger partial charge in [-0.3, -0.25) is 9.59 Å². The number of anilines is 1. The van der Waals surface area contributed by atoms with Crippen molar-refractivity contribution >= 4 is 17.5 Å². The Morgan fingerprint density at radius 2 is 1.69 bits per heavy atom. The number of methoxy groups -OCH3 is 1. The van der Waals surface area contributed by atoms with E-state index in [4.69, 9.17) is 9.47 Å². The van der Waals surface area contributed by atoms with Crippen LogP contribution < -0.4 is 14.4 Å². The molecule has 208 valence electrons. The number of nitrogens with zero attached hydrogens (tertiary/aromatic N) is 3. The van der Waals surface area contributed by atoms with Crippen LogP contribution >= 0.6 is 0 Å². The van der Waals surface area contributed by atoms with Crippen molar-refractivity contribution in [3.8, 4) is 11.5 Å². The standard InChI is InChI=1S/C32H41N3O4/c1-38-30-21-28(39-27-14-16-33(17-15-27)22-23-6-7-23)10-8-25(30)20-32(37)34-18-12-26(13-19-34)35-29-5-3-2-4-24(29)9-11-31(35)36/h2-5,8,10,21,23,26-27H,6-7,9,11-20,22H2,1H3. The van der Waals surface area contributed by atoms with Crippen LogP contribution in [-0.2, 0) is 22.4 Å². The topological polar surface area (TPSA) is 62.3 Å². The van der Waals surface area contributed by atoms with Crippen LogP contribution in [-0.4, -0.2) is 73.6 Å². The number of carbonyl (C=O) groups is 2. The molecular formula is C32H41N3O4. The molecule has 0 atom stereocenters. The number of piperidine rings is 2. The lowest BCUT2D eigenvalue weighted by atomic mass is 9.95. The second-order valence-corrected chi connectivity index (χ2v) is 11.7. The largest absolute Gasteiger partial charge is 0.496 e. The normalized spacial score (nSPS) is 21.1. The van der Waals surface area contributed by atoms with Gasteiger partial charge >= 0.3 is 0 Å². The Balaban J connectivity index is 1.02. The Hall–Kier alpha value is -3.06. The Kier molecular flexibility index (Phi) is 7.78. The predicted molar refractivity (Wildman–Crippen MR) is 151 cm³/mol. The molecule has 3 aliphatic heterocycles. The second kappa shape index (κ2) is 11.6. The summed E-state index contributed by atoms with van der Waals surface area (Å²) in [5.74, 6) is 2.77. The molecule has 0 spiro atoms. The van der Waals surface area contributed by atoms with Gasteiger partial charge in [-0.05, 0) is 68.6 Å². The smallest absolute Gasteiger partial charge is 0.227 e. The third-order valence-corrected chi connectivity index (χ3v) is 8.96. The lowest BCUT2D eigenvalue weighted by molar-refractivity contribution is -0.131. The van der Waals surface area contributed by atoms with Crippen molar-refractivity contribution < 1.29 is 19.1 Å². The van der Waals surface area contributed by atoms with E-state index in [0.29, 0.717) is 31.7 Å². The molecule has 6 rings (SSSR count). The number of amides is 2. The lowest BCUT2D eigenvalue weighted by Gasteiger charge is -2.41. The third kappa shape index (κ3) is 6.08. The number of likely N-dealkylation sites (tertiary alicyclic amines) is 2. The minimum atomic E-state index is 0.105. The van der Waals surface area contributed by atoms with E-state index in [1.807, 2.05) is 40.1 Å². The van der Waals surface area contributed by atoms with Crippen molar-refractivity contribution in [3.63, 3.8) is 0 Å². The first-order valence-corrected chi connectivity index (χ1v) is 14.8. The zero-order valence-corrected chi connectivity index (χ0v) is 23.1. The van der Waals surface area contributed by atoms with E-state index in [0.717, 1.165) is 68.1 Å². The van der Waals surface area contributed by atoms with Gasteiger partial charge in [0.2, 0.25) is 11.8 Å². The zero-order valence-electron chi connectivity index (χ0n) is 23.1. The number of aryl methyl sites for hydroxylation is 1. The summed E-state index contributed by atoms with van der Waals surface area (Å²) < 4.78 is 12.0. The predicted octanol–water partition coefficient (Wildman–Crippen LogP) is 4.46. The summed E-state index contributed by atoms with van der Waals surface area (Å²) in [5, 5.41) is 0. The highest BCUT2D eigenvalue weighted by molar-refractivity contribution is 5.97. The number of carbonyl (C=O) groups excluding carboxylic acids is 2. The van der Waals surface area contributed by atoms with Crippen molar-refractivity contribution in [1.82, 2.24) is 9.80 Å². The van der Waals surface area contributed by atoms with Crippen LogP contribution in [0.5, 0.6) is 11.5 Å². The summed E-state index contributed by atoms with van der Waals surface area (Å²) in [6.45, 7) is 4.81. The number of hydrogen-bond acceptors (Lipinski definition) is 5. The molecule has 1 saturated carbocycles. The Bertz CT molecular complexity index is 1180. The molecule has 0 radical (unpaired) electrons. The molecule has 0 N–H and O–H groups in total. The van der Waals surface area contributed by atoms with Gasteiger partial charge in [0.1, 0.15) is 17.6 Å². The van der Waals surface area contributed by atoms with Crippen LogP contribution in [0.25, 0.3) is 0 Å². The van der Waals surface area contributed by atoms with Gasteiger partial charge in [0.15, 0.2) is 0 Å². The highest BCUT2D eigenvalue weighted by atomic mass is 16.5. The number of fused-ring (bicyclic) bond motifs is 1. The average Bonchev–Trinajstić information content (AvgIpc) is 3.79. The van der Waals surface area contributed by atoms with Crippen molar-refractivity contribution in [3.05, 3.63) is 53.6 Å². The maximum atomic E-state index is 13.2. The highest BCUT2D eigenvalue weighted by Crippen LogP contribution is 2.34. The van der Waals surface area contributed by atoms with Crippen LogP contribution in [0.3, 0.4) is 0 Å². The van der Waals surface area contributed by atoms with Gasteiger partial charge in [0, 0.05) is 62.5 Å². The van der Waals surface area contributed by atoms with E-state index in [1.54, 1.807) is 7.11 Å². The molecule has 2 amide bonds. The monoisotopic (exact) mass is 531 g/mol. The molecule has 2 aromatic rings. The Morgan fingerprint density at radius 1 is 0.923 bits per heavy atom. The fourth-order valence-corrected chi connectivity index (χ4v) is 6.51. The number of ether oxygens (including phenoxy) is 2. The van der Waals surface area contributed by atoms with Crippen LogP contribution in [0.15, 0.2) is 42.5 Å². The van der Waals surface area contributed by atoms with E-state index in [1.165, 1.54) is 24.9 Å². The van der Waals surface area contributed by atoms with Crippen LogP contribution in [0.1, 0.15) is 56.1 Å². The van der Waals surface area contributed by atoms with Crippen molar-refractivity contribution in [2.45, 2.75) is 69.9 Å². The van der Waals surface area contributed by atoms with Gasteiger partial charge in [0.05, 0.1) is 13.5 Å². The van der Waals surface area contributed by atoms with E-state index in [9.17, 15) is 9.59 Å². The molecule has 3 fully saturated rings. The summed E-state index contributed by atoms with van der Waals surface area (Å²) in [5.41, 5.74) is 3.18. The quantitative estimate of drug-likeness (QED) is 0.503. The molecule has 7 heteroatoms. The molecule has 0 bridgehead atoms. The number of hydrogen-bond donors (Lipinski definition) is 0. The molecule has 1 aliphatic carbocycles. The fourth-order valence-electron chi connectivity index (χ4n) is 6.51. The SMILES string of the molecule is COc1cc(OC2CCN(CC3CC3)CC2)ccc1CC(=O)N1CCC(N2C(=O)CCc3ccccc32)CC1. The minimum Gasteiger partial charge on any atom is -0.496 e. The van der Waals surface area contributed by atoms with Crippen LogP contribution in [0, 0.1) is 5.92 Å². The van der Waals surface area contributed by atoms with Gasteiger partial charge in [0.25, 0.3) is 0 Å². The van der Waals surface area contributed by atoms with Crippen LogP contribution in [0.4, 0.5) is 5.69 Å². The van der Waals surface area contributed by atoms with E-state index in [-0.39, 0.29) is 24.0 Å². The van der Waals surface area contributed by atoms with Crippen molar-refractivity contribution in [1.29, 1.82) is 0 Å². The molecule has 3 heterocycles. The average molecular weight is 532 g/mol. The van der Waals surface area contributed by atoms with E-state index in [2.05, 4.69) is 17.0 Å². The first-order valence-electron chi connectivity index (χ1n) is 14.8. The number of rotatable bonds is 8. The maximum absolute atomic E-state index is 13.2. The summed E-state index contributed by atoms with van der Waals surface area (Å²) in [6.07, 6.45) is 8.43. The second-order valence-electron chi connectivity index (χ2n) is 11.7. The lowest BCUT2D eigenvalue weighted by Crippen LogP contribution is -2.50. The minimum absolute atomic E-state index is 0.105. The highest BCUT2D eigenvalue weighted by Gasteiger charge is 2.34. The van der Waals surface area contributed by atoms with E-state index >= 15 is 0 Å². The molecule has 4 aliphatic rings. The Morgan fingerprint density at radius 3 is 2.44 bits per heavy atom. The maximum Gasteiger partial charge on any atom is 0.227 e. The molecule has 2 aromatic carbocycles. The number of benzene rings is 2. The first-order chi connectivity index (χ1) is 19.1. The zero-order chi connectivity index (χ0) is 26.8. The summed E-state index contributed by atoms with van der Waals surface area (Å²) in [7, 11) is 1.66. The number of para-hydroxylation sites is 1. The van der Waals surface area contributed by atoms with Crippen molar-refractivity contribution in [2.75, 3.05) is 44.7 Å². The van der Waals surface area contributed by atoms with Gasteiger partial charge < -0.3 is 24.2 Å². The molecule has 2 saturated heterocycles. The van der Waals surface area contributed by atoms with Gasteiger partial charge in [-0.25, -0.2) is 0 Å². The molecule has 0 aromatic heterocycles. The van der Waals surface area contributed by atoms with Gasteiger partial charge in [-0.2, -0.15) is 0 Å². The summed E-state index contributed by atoms with van der Waals surface area (Å²) in [6, 6.07) is 14.3. The van der Waals surface area contributed by atoms with E-state index < -0.39 is 0 Å². The van der Waals surface area contributed by atoms with Crippen molar-refractivity contribution in [2.24, 2.45) is 5.92 Å². The molecule has 39 heavy (non-hydrogen) atoms. The van der Waals surface area contributed by atoms with Gasteiger partial charge in [-0.1, -0.05) is 24.3 Å². The Labute approximate surface area is 232 Å². The van der Waals surface area contributed by atoms with Gasteiger partial charge in [-0.15, -0.1) is 0 Å².